The monoisotopic (exact) mass is 131 g/mol. The van der Waals surface area contributed by atoms with Gasteiger partial charge in [-0.1, -0.05) is 5.18 Å². The Balaban J connectivity index is 3.92. The fourth-order valence-corrected chi connectivity index (χ4v) is 0.250. The van der Waals surface area contributed by atoms with E-state index in [9.17, 15) is 14.7 Å². The van der Waals surface area contributed by atoms with Crippen LogP contribution in [0, 0.1) is 14.7 Å². The summed E-state index contributed by atoms with van der Waals surface area (Å²) in [5.74, 6) is 0. The third-order valence-electron chi connectivity index (χ3n) is 0.814. The summed E-state index contributed by atoms with van der Waals surface area (Å²) in [6.07, 6.45) is -1.37. The summed E-state index contributed by atoms with van der Waals surface area (Å²) in [5.41, 5.74) is 0. The van der Waals surface area contributed by atoms with Gasteiger partial charge in [-0.3, -0.25) is 0 Å². The van der Waals surface area contributed by atoms with Crippen molar-refractivity contribution in [2.24, 2.45) is 15.5 Å². The Hall–Kier alpha value is -1.20. The fraction of sp³-hybridized carbons (Fsp3) is 1.00. The molecule has 0 heterocycles. The first-order valence-corrected chi connectivity index (χ1v) is 2.23. The molecule has 0 aromatic rings. The van der Waals surface area contributed by atoms with Crippen LogP contribution in [0.3, 0.4) is 0 Å². The zero-order chi connectivity index (χ0) is 7.28. The van der Waals surface area contributed by atoms with Crippen LogP contribution in [-0.2, 0) is 0 Å². The van der Waals surface area contributed by atoms with Crippen molar-refractivity contribution < 1.29 is 0 Å². The zero-order valence-corrected chi connectivity index (χ0v) is 4.72. The van der Waals surface area contributed by atoms with E-state index in [0.29, 0.717) is 0 Å². The average molecular weight is 131 g/mol. The van der Waals surface area contributed by atoms with E-state index in [1.165, 1.54) is 6.92 Å². The number of hydrogen-bond acceptors (Lipinski definition) is 6. The number of rotatable bonds is 4. The number of nitroso groups, excluding NO2 is 3. The van der Waals surface area contributed by atoms with Gasteiger partial charge in [0.1, 0.15) is 6.04 Å². The Morgan fingerprint density at radius 1 is 1.00 bits per heavy atom. The lowest BCUT2D eigenvalue weighted by atomic mass is 10.3. The van der Waals surface area contributed by atoms with Gasteiger partial charge in [0.2, 0.25) is 6.17 Å². The molecular weight excluding hydrogens is 126 g/mol. The standard InChI is InChI=1S/C3H5N3O3/c1-2(4-7)3(5-8)6-9/h2-3H,1H3. The molecule has 0 rings (SSSR count). The summed E-state index contributed by atoms with van der Waals surface area (Å²) in [7, 11) is 0. The molecule has 0 aromatic heterocycles. The molecule has 9 heavy (non-hydrogen) atoms. The highest BCUT2D eigenvalue weighted by molar-refractivity contribution is 4.73. The zero-order valence-electron chi connectivity index (χ0n) is 4.72. The molecule has 0 fully saturated rings. The van der Waals surface area contributed by atoms with Gasteiger partial charge in [-0.15, -0.1) is 9.81 Å². The molecule has 0 aliphatic heterocycles. The second kappa shape index (κ2) is 3.76. The van der Waals surface area contributed by atoms with Gasteiger partial charge in [-0.05, 0) is 17.3 Å². The van der Waals surface area contributed by atoms with Gasteiger partial charge < -0.3 is 0 Å². The van der Waals surface area contributed by atoms with Crippen molar-refractivity contribution >= 4 is 0 Å². The molecule has 1 unspecified atom stereocenters. The van der Waals surface area contributed by atoms with Crippen molar-refractivity contribution in [1.29, 1.82) is 0 Å². The molecule has 0 saturated carbocycles. The first-order chi connectivity index (χ1) is 4.26. The molecule has 6 nitrogen and oxygen atoms in total. The van der Waals surface area contributed by atoms with Gasteiger partial charge in [-0.25, -0.2) is 0 Å². The maximum atomic E-state index is 9.62. The molecule has 0 aliphatic carbocycles. The molecule has 50 valence electrons. The summed E-state index contributed by atoms with van der Waals surface area (Å²) in [6.45, 7) is 1.29. The van der Waals surface area contributed by atoms with E-state index in [-0.39, 0.29) is 0 Å². The predicted octanol–water partition coefficient (Wildman–Crippen LogP) is 1.00. The van der Waals surface area contributed by atoms with Crippen LogP contribution >= 0.6 is 0 Å². The Labute approximate surface area is 50.6 Å². The minimum absolute atomic E-state index is 0.958. The molecular formula is C3H5N3O3. The van der Waals surface area contributed by atoms with Crippen LogP contribution in [0.5, 0.6) is 0 Å². The summed E-state index contributed by atoms with van der Waals surface area (Å²) in [6, 6.07) is -0.958. The van der Waals surface area contributed by atoms with Gasteiger partial charge in [-0.2, -0.15) is 4.91 Å². The van der Waals surface area contributed by atoms with Crippen LogP contribution in [0.2, 0.25) is 0 Å². The molecule has 0 saturated heterocycles. The van der Waals surface area contributed by atoms with E-state index in [2.05, 4.69) is 15.5 Å². The minimum Gasteiger partial charge on any atom is -0.150 e. The summed E-state index contributed by atoms with van der Waals surface area (Å²) < 4.78 is 0. The molecule has 0 aromatic carbocycles. The van der Waals surface area contributed by atoms with Crippen LogP contribution in [0.25, 0.3) is 0 Å². The topological polar surface area (TPSA) is 88.3 Å². The maximum Gasteiger partial charge on any atom is 0.247 e. The Morgan fingerprint density at radius 3 is 1.56 bits per heavy atom. The van der Waals surface area contributed by atoms with Crippen molar-refractivity contribution in [3.8, 4) is 0 Å². The molecule has 0 amide bonds. The fourth-order valence-electron chi connectivity index (χ4n) is 0.250. The molecule has 0 bridgehead atoms. The molecule has 0 spiro atoms. The molecule has 0 aliphatic rings. The van der Waals surface area contributed by atoms with E-state index in [0.717, 1.165) is 0 Å². The van der Waals surface area contributed by atoms with Crippen molar-refractivity contribution in [2.45, 2.75) is 19.1 Å². The van der Waals surface area contributed by atoms with Gasteiger partial charge in [0.15, 0.2) is 0 Å². The molecule has 0 radical (unpaired) electrons. The van der Waals surface area contributed by atoms with Crippen LogP contribution < -0.4 is 0 Å². The minimum atomic E-state index is -1.37. The molecule has 6 heteroatoms. The smallest absolute Gasteiger partial charge is 0.150 e. The first kappa shape index (κ1) is 7.80. The highest BCUT2D eigenvalue weighted by atomic mass is 16.3. The lowest BCUT2D eigenvalue weighted by Crippen LogP contribution is -2.14. The van der Waals surface area contributed by atoms with Gasteiger partial charge in [0, 0.05) is 0 Å². The van der Waals surface area contributed by atoms with E-state index in [1.54, 1.807) is 0 Å². The normalized spacial score (nSPS) is 12.7. The van der Waals surface area contributed by atoms with Crippen LogP contribution in [0.1, 0.15) is 6.92 Å². The lowest BCUT2D eigenvalue weighted by molar-refractivity contribution is 0.576. The molecule has 0 N–H and O–H groups in total. The SMILES string of the molecule is CC(N=O)C(N=O)N=O. The number of hydrogen-bond donors (Lipinski definition) is 0. The second-order valence-corrected chi connectivity index (χ2v) is 1.47. The highest BCUT2D eigenvalue weighted by Gasteiger charge is 2.18. The summed E-state index contributed by atoms with van der Waals surface area (Å²) in [4.78, 5) is 28.8. The lowest BCUT2D eigenvalue weighted by Gasteiger charge is -1.97. The predicted molar refractivity (Wildman–Crippen MR) is 30.6 cm³/mol. The maximum absolute atomic E-state index is 9.62. The van der Waals surface area contributed by atoms with Crippen molar-refractivity contribution in [2.75, 3.05) is 0 Å². The Bertz CT molecular complexity index is 117. The van der Waals surface area contributed by atoms with Crippen molar-refractivity contribution in [3.05, 3.63) is 14.7 Å². The summed E-state index contributed by atoms with van der Waals surface area (Å²) >= 11 is 0. The van der Waals surface area contributed by atoms with Crippen LogP contribution in [0.4, 0.5) is 0 Å². The first-order valence-electron chi connectivity index (χ1n) is 2.23. The number of nitrogens with zero attached hydrogens (tertiary/aromatic N) is 3. The highest BCUT2D eigenvalue weighted by Crippen LogP contribution is 2.02. The van der Waals surface area contributed by atoms with Gasteiger partial charge in [0.25, 0.3) is 0 Å². The third kappa shape index (κ3) is 2.02. The van der Waals surface area contributed by atoms with Gasteiger partial charge >= 0.3 is 0 Å². The van der Waals surface area contributed by atoms with E-state index in [1.807, 2.05) is 0 Å². The molecule has 1 atom stereocenters. The van der Waals surface area contributed by atoms with E-state index >= 15 is 0 Å². The van der Waals surface area contributed by atoms with E-state index < -0.39 is 12.2 Å². The Morgan fingerprint density at radius 2 is 1.44 bits per heavy atom. The van der Waals surface area contributed by atoms with Gasteiger partial charge in [0.05, 0.1) is 0 Å². The van der Waals surface area contributed by atoms with Crippen LogP contribution in [-0.4, -0.2) is 12.2 Å². The second-order valence-electron chi connectivity index (χ2n) is 1.47. The Kier molecular flexibility index (Phi) is 3.26. The third-order valence-corrected chi connectivity index (χ3v) is 0.814. The largest absolute Gasteiger partial charge is 0.247 e. The average Bonchev–Trinajstić information content (AvgIpc) is 1.90. The van der Waals surface area contributed by atoms with E-state index in [4.69, 9.17) is 0 Å². The van der Waals surface area contributed by atoms with Crippen molar-refractivity contribution in [3.63, 3.8) is 0 Å². The van der Waals surface area contributed by atoms with Crippen molar-refractivity contribution in [1.82, 2.24) is 0 Å². The van der Waals surface area contributed by atoms with Crippen LogP contribution in [0.15, 0.2) is 15.5 Å². The summed E-state index contributed by atoms with van der Waals surface area (Å²) in [5, 5.41) is 6.90. The quantitative estimate of drug-likeness (QED) is 0.533.